The van der Waals surface area contributed by atoms with Gasteiger partial charge in [-0.3, -0.25) is 14.4 Å². The molecule has 2 amide bonds. The molecule has 0 aliphatic heterocycles. The molecule has 0 radical (unpaired) electrons. The Bertz CT molecular complexity index is 963. The van der Waals surface area contributed by atoms with E-state index in [1.165, 1.54) is 64.2 Å². The first-order valence-corrected chi connectivity index (χ1v) is 20.4. The van der Waals surface area contributed by atoms with Gasteiger partial charge in [0.2, 0.25) is 11.8 Å². The van der Waals surface area contributed by atoms with E-state index in [4.69, 9.17) is 14.9 Å². The van der Waals surface area contributed by atoms with Gasteiger partial charge in [0.15, 0.2) is 0 Å². The van der Waals surface area contributed by atoms with Gasteiger partial charge in [-0.2, -0.15) is 0 Å². The second-order valence-electron chi connectivity index (χ2n) is 13.7. The van der Waals surface area contributed by atoms with Gasteiger partial charge in [0, 0.05) is 12.8 Å². The molecule has 0 saturated carbocycles. The molecule has 0 aromatic carbocycles. The van der Waals surface area contributed by atoms with Crippen molar-refractivity contribution in [1.82, 2.24) is 10.6 Å². The molecule has 0 aromatic rings. The highest BCUT2D eigenvalue weighted by atomic mass is 16.5. The minimum atomic E-state index is -1.38. The maximum absolute atomic E-state index is 12.7. The average molecular weight is 719 g/mol. The first-order chi connectivity index (χ1) is 24.8. The number of carboxylic acids is 1. The van der Waals surface area contributed by atoms with Gasteiger partial charge in [-0.1, -0.05) is 134 Å². The first kappa shape index (κ1) is 48.1. The lowest BCUT2D eigenvalue weighted by Gasteiger charge is -2.15. The summed E-state index contributed by atoms with van der Waals surface area (Å²) in [7, 11) is 0. The Kier molecular flexibility index (Phi) is 34.7. The summed E-state index contributed by atoms with van der Waals surface area (Å²) in [5, 5.41) is 22.5. The van der Waals surface area contributed by atoms with Crippen molar-refractivity contribution in [2.24, 2.45) is 0 Å². The van der Waals surface area contributed by atoms with Gasteiger partial charge in [0.25, 0.3) is 0 Å². The van der Waals surface area contributed by atoms with E-state index < -0.39 is 24.5 Å². The van der Waals surface area contributed by atoms with E-state index in [-0.39, 0.29) is 24.5 Å². The third-order valence-corrected chi connectivity index (χ3v) is 8.82. The van der Waals surface area contributed by atoms with Crippen LogP contribution in [0.5, 0.6) is 0 Å². The minimum absolute atomic E-state index is 0.0921. The summed E-state index contributed by atoms with van der Waals surface area (Å²) in [5.74, 6) is -2.34. The normalized spacial score (nSPS) is 12.8. The number of carbonyl (C=O) groups excluding carboxylic acids is 3. The van der Waals surface area contributed by atoms with Crippen molar-refractivity contribution in [2.75, 3.05) is 13.2 Å². The third kappa shape index (κ3) is 33.9. The number of unbranched alkanes of at least 4 members (excludes halogenated alkanes) is 18. The minimum Gasteiger partial charge on any atom is -0.480 e. The van der Waals surface area contributed by atoms with Crippen LogP contribution in [0.2, 0.25) is 0 Å². The number of rotatable bonds is 36. The molecule has 0 rings (SSSR count). The van der Waals surface area contributed by atoms with Crippen molar-refractivity contribution in [3.05, 3.63) is 36.5 Å². The van der Waals surface area contributed by atoms with Crippen LogP contribution in [-0.4, -0.2) is 59.3 Å². The number of allylic oxidation sites excluding steroid dienone is 5. The molecular weight excluding hydrogens is 644 g/mol. The summed E-state index contributed by atoms with van der Waals surface area (Å²) in [5.41, 5.74) is 0. The van der Waals surface area contributed by atoms with Gasteiger partial charge in [-0.15, -0.1) is 0 Å². The lowest BCUT2D eigenvalue weighted by molar-refractivity contribution is -0.147. The van der Waals surface area contributed by atoms with E-state index in [9.17, 15) is 19.2 Å². The molecule has 0 saturated heterocycles. The predicted octanol–water partition coefficient (Wildman–Crippen LogP) is 9.43. The van der Waals surface area contributed by atoms with Gasteiger partial charge >= 0.3 is 11.9 Å². The Hall–Kier alpha value is -2.94. The maximum atomic E-state index is 12.7. The molecule has 2 unspecified atom stereocenters. The molecule has 9 heteroatoms. The summed E-state index contributed by atoms with van der Waals surface area (Å²) >= 11 is 0. The van der Waals surface area contributed by atoms with Crippen LogP contribution in [-0.2, 0) is 23.9 Å². The number of hydrogen-bond acceptors (Lipinski definition) is 6. The van der Waals surface area contributed by atoms with Crippen LogP contribution < -0.4 is 10.6 Å². The molecule has 0 fully saturated rings. The zero-order valence-electron chi connectivity index (χ0n) is 32.4. The highest BCUT2D eigenvalue weighted by Crippen LogP contribution is 2.16. The number of ether oxygens (including phenoxy) is 1. The fourth-order valence-electron chi connectivity index (χ4n) is 5.66. The van der Waals surface area contributed by atoms with E-state index >= 15 is 0 Å². The molecule has 294 valence electrons. The molecule has 9 nitrogen and oxygen atoms in total. The van der Waals surface area contributed by atoms with Gasteiger partial charge in [-0.25, -0.2) is 4.79 Å². The van der Waals surface area contributed by atoms with Gasteiger partial charge < -0.3 is 25.6 Å². The van der Waals surface area contributed by atoms with Gasteiger partial charge in [0.1, 0.15) is 12.1 Å². The third-order valence-electron chi connectivity index (χ3n) is 8.82. The second-order valence-corrected chi connectivity index (χ2v) is 13.7. The summed E-state index contributed by atoms with van der Waals surface area (Å²) in [6.45, 7) is 3.40. The Morgan fingerprint density at radius 3 is 1.76 bits per heavy atom. The molecular formula is C42H74N2O7. The molecule has 0 aliphatic rings. The molecule has 0 aromatic heterocycles. The Morgan fingerprint density at radius 1 is 0.608 bits per heavy atom. The smallest absolute Gasteiger partial charge is 0.328 e. The van der Waals surface area contributed by atoms with Crippen LogP contribution >= 0.6 is 0 Å². The van der Waals surface area contributed by atoms with E-state index in [1.54, 1.807) is 0 Å². The van der Waals surface area contributed by atoms with E-state index in [2.05, 4.69) is 60.9 Å². The summed E-state index contributed by atoms with van der Waals surface area (Å²) in [6, 6.07) is -1.38. The molecule has 0 bridgehead atoms. The van der Waals surface area contributed by atoms with E-state index in [1.807, 2.05) is 0 Å². The molecule has 51 heavy (non-hydrogen) atoms. The number of amides is 2. The van der Waals surface area contributed by atoms with E-state index in [0.29, 0.717) is 19.3 Å². The standard InChI is InChI=1S/C42H74N2O7/c1-3-5-7-9-11-13-14-15-16-18-20-26-30-34-41(48)51-37(31-27-23-19-17-12-10-8-6-4-2)32-28-24-21-22-25-29-33-39(46)43-35-40(47)44-38(36-45)42(49)50/h7,9,13-14,27,31,37-38,45H,3-6,8,10-12,15-26,28-30,32-36H2,1-2H3,(H,43,46)(H,44,47)(H,49,50)/b9-7-,14-13-,31-27-. The van der Waals surface area contributed by atoms with Crippen molar-refractivity contribution < 1.29 is 34.1 Å². The Labute approximate surface area is 310 Å². The van der Waals surface area contributed by atoms with Crippen molar-refractivity contribution >= 4 is 23.8 Å². The fourth-order valence-corrected chi connectivity index (χ4v) is 5.66. The Balaban J connectivity index is 4.31. The molecule has 0 aliphatic carbocycles. The molecule has 2 atom stereocenters. The lowest BCUT2D eigenvalue weighted by Crippen LogP contribution is -2.47. The number of aliphatic carboxylic acids is 1. The highest BCUT2D eigenvalue weighted by Gasteiger charge is 2.18. The number of aliphatic hydroxyl groups is 1. The number of carbonyl (C=O) groups is 4. The SMILES string of the molecule is CCC/C=C\C/C=C\CCCCCCCC(=O)OC(/C=C\CCCCCCCCC)CCCCCCCCC(=O)NCC(=O)NC(CO)C(=O)O. The van der Waals surface area contributed by atoms with Crippen LogP contribution in [0, 0.1) is 0 Å². The quantitative estimate of drug-likeness (QED) is 0.0287. The zero-order chi connectivity index (χ0) is 37.6. The number of aliphatic hydroxyl groups excluding tert-OH is 1. The van der Waals surface area contributed by atoms with Crippen LogP contribution in [0.25, 0.3) is 0 Å². The van der Waals surface area contributed by atoms with Crippen molar-refractivity contribution in [3.63, 3.8) is 0 Å². The van der Waals surface area contributed by atoms with Gasteiger partial charge in [0.05, 0.1) is 13.2 Å². The topological polar surface area (TPSA) is 142 Å². The predicted molar refractivity (Wildman–Crippen MR) is 208 cm³/mol. The number of hydrogen-bond donors (Lipinski definition) is 4. The lowest BCUT2D eigenvalue weighted by atomic mass is 10.0. The van der Waals surface area contributed by atoms with Crippen LogP contribution in [0.3, 0.4) is 0 Å². The van der Waals surface area contributed by atoms with Crippen molar-refractivity contribution in [2.45, 2.75) is 193 Å². The first-order valence-electron chi connectivity index (χ1n) is 20.4. The van der Waals surface area contributed by atoms with Crippen LogP contribution in [0.1, 0.15) is 181 Å². The summed E-state index contributed by atoms with van der Waals surface area (Å²) in [4.78, 5) is 47.3. The molecule has 4 N–H and O–H groups in total. The van der Waals surface area contributed by atoms with Crippen LogP contribution in [0.4, 0.5) is 0 Å². The number of esters is 1. The molecule has 0 heterocycles. The monoisotopic (exact) mass is 719 g/mol. The highest BCUT2D eigenvalue weighted by molar-refractivity contribution is 5.87. The van der Waals surface area contributed by atoms with Crippen molar-refractivity contribution in [3.8, 4) is 0 Å². The zero-order valence-corrected chi connectivity index (χ0v) is 32.4. The average Bonchev–Trinajstić information content (AvgIpc) is 3.11. The summed E-state index contributed by atoms with van der Waals surface area (Å²) in [6.07, 6.45) is 40.4. The molecule has 0 spiro atoms. The van der Waals surface area contributed by atoms with Crippen LogP contribution in [0.15, 0.2) is 36.5 Å². The second kappa shape index (κ2) is 36.8. The summed E-state index contributed by atoms with van der Waals surface area (Å²) < 4.78 is 5.93. The maximum Gasteiger partial charge on any atom is 0.328 e. The van der Waals surface area contributed by atoms with Gasteiger partial charge in [-0.05, 0) is 70.3 Å². The number of carboxylic acid groups (broad SMARTS) is 1. The fraction of sp³-hybridized carbons (Fsp3) is 0.762. The van der Waals surface area contributed by atoms with E-state index in [0.717, 1.165) is 83.5 Å². The van der Waals surface area contributed by atoms with Crippen molar-refractivity contribution in [1.29, 1.82) is 0 Å². The largest absolute Gasteiger partial charge is 0.480 e. The Morgan fingerprint density at radius 2 is 1.16 bits per heavy atom. The number of nitrogens with one attached hydrogen (secondary N) is 2.